The van der Waals surface area contributed by atoms with Crippen LogP contribution < -0.4 is 0 Å². The summed E-state index contributed by atoms with van der Waals surface area (Å²) in [5.74, 6) is 0. The number of nitrogens with zero attached hydrogens (tertiary/aromatic N) is 3. The summed E-state index contributed by atoms with van der Waals surface area (Å²) in [5, 5.41) is 11.2. The highest BCUT2D eigenvalue weighted by Crippen LogP contribution is 2.26. The summed E-state index contributed by atoms with van der Waals surface area (Å²) in [7, 11) is 0. The summed E-state index contributed by atoms with van der Waals surface area (Å²) in [5.41, 5.74) is 2.19. The number of benzene rings is 1. The molecular formula is C13H13N3O2S. The van der Waals surface area contributed by atoms with E-state index in [9.17, 15) is 10.1 Å². The van der Waals surface area contributed by atoms with Gasteiger partial charge in [-0.25, -0.2) is 9.97 Å². The van der Waals surface area contributed by atoms with Crippen LogP contribution in [-0.2, 0) is 6.42 Å². The molecule has 0 aliphatic rings. The predicted molar refractivity (Wildman–Crippen MR) is 73.4 cm³/mol. The number of nitro groups is 1. The van der Waals surface area contributed by atoms with E-state index in [1.807, 2.05) is 6.92 Å². The Bertz CT molecular complexity index is 599. The van der Waals surface area contributed by atoms with Crippen molar-refractivity contribution in [1.29, 1.82) is 0 Å². The van der Waals surface area contributed by atoms with Crippen LogP contribution >= 0.6 is 11.8 Å². The van der Waals surface area contributed by atoms with Crippen molar-refractivity contribution in [2.24, 2.45) is 0 Å². The Hall–Kier alpha value is -1.95. The van der Waals surface area contributed by atoms with Gasteiger partial charge in [0, 0.05) is 28.9 Å². The van der Waals surface area contributed by atoms with E-state index < -0.39 is 4.92 Å². The van der Waals surface area contributed by atoms with Gasteiger partial charge in [-0.1, -0.05) is 6.92 Å². The molecule has 0 spiro atoms. The van der Waals surface area contributed by atoms with Gasteiger partial charge in [0.15, 0.2) is 5.16 Å². The fourth-order valence-corrected chi connectivity index (χ4v) is 2.35. The third-order valence-corrected chi connectivity index (χ3v) is 3.53. The Kier molecular flexibility index (Phi) is 4.11. The summed E-state index contributed by atoms with van der Waals surface area (Å²) in [6.45, 7) is 4.04. The van der Waals surface area contributed by atoms with Gasteiger partial charge in [0.05, 0.1) is 4.92 Å². The second-order valence-electron chi connectivity index (χ2n) is 3.99. The van der Waals surface area contributed by atoms with Crippen LogP contribution in [0.15, 0.2) is 40.5 Å². The fourth-order valence-electron chi connectivity index (χ4n) is 1.61. The smallest absolute Gasteiger partial charge is 0.258 e. The maximum absolute atomic E-state index is 10.6. The number of aromatic nitrogens is 2. The highest BCUT2D eigenvalue weighted by atomic mass is 32.2. The molecule has 1 aromatic heterocycles. The zero-order valence-electron chi connectivity index (χ0n) is 10.7. The monoisotopic (exact) mass is 275 g/mol. The van der Waals surface area contributed by atoms with Crippen molar-refractivity contribution in [3.8, 4) is 0 Å². The first-order valence-corrected chi connectivity index (χ1v) is 6.66. The van der Waals surface area contributed by atoms with E-state index in [0.717, 1.165) is 22.6 Å². The van der Waals surface area contributed by atoms with Crippen LogP contribution in [0.2, 0.25) is 0 Å². The minimum Gasteiger partial charge on any atom is -0.258 e. The predicted octanol–water partition coefficient (Wildman–Crippen LogP) is 3.41. The Morgan fingerprint density at radius 3 is 2.58 bits per heavy atom. The van der Waals surface area contributed by atoms with Crippen LogP contribution in [0, 0.1) is 17.0 Å². The van der Waals surface area contributed by atoms with Gasteiger partial charge in [-0.05, 0) is 42.8 Å². The molecule has 0 N–H and O–H groups in total. The molecule has 0 aliphatic carbocycles. The van der Waals surface area contributed by atoms with E-state index in [1.165, 1.54) is 23.9 Å². The lowest BCUT2D eigenvalue weighted by Gasteiger charge is -2.04. The second kappa shape index (κ2) is 5.79. The number of hydrogen-bond acceptors (Lipinski definition) is 5. The van der Waals surface area contributed by atoms with Crippen LogP contribution in [0.4, 0.5) is 5.69 Å². The van der Waals surface area contributed by atoms with E-state index >= 15 is 0 Å². The first-order valence-electron chi connectivity index (χ1n) is 5.85. The minimum absolute atomic E-state index is 0.0865. The zero-order valence-corrected chi connectivity index (χ0v) is 11.5. The van der Waals surface area contributed by atoms with Gasteiger partial charge in [0.1, 0.15) is 0 Å². The van der Waals surface area contributed by atoms with Gasteiger partial charge >= 0.3 is 0 Å². The Labute approximate surface area is 115 Å². The highest BCUT2D eigenvalue weighted by Gasteiger charge is 2.07. The molecular weight excluding hydrogens is 262 g/mol. The average Bonchev–Trinajstić information content (AvgIpc) is 2.41. The maximum Gasteiger partial charge on any atom is 0.269 e. The number of aryl methyl sites for hydroxylation is 2. The molecule has 0 unspecified atom stereocenters. The van der Waals surface area contributed by atoms with Gasteiger partial charge < -0.3 is 0 Å². The molecule has 1 heterocycles. The van der Waals surface area contributed by atoms with Gasteiger partial charge in [-0.15, -0.1) is 0 Å². The van der Waals surface area contributed by atoms with Crippen molar-refractivity contribution in [2.45, 2.75) is 30.3 Å². The van der Waals surface area contributed by atoms with Gasteiger partial charge in [-0.3, -0.25) is 10.1 Å². The quantitative estimate of drug-likeness (QED) is 0.486. The molecule has 2 aromatic rings. The number of non-ortho nitro benzene ring substituents is 1. The first kappa shape index (κ1) is 13.5. The van der Waals surface area contributed by atoms with E-state index in [2.05, 4.69) is 16.9 Å². The summed E-state index contributed by atoms with van der Waals surface area (Å²) in [4.78, 5) is 19.8. The van der Waals surface area contributed by atoms with Gasteiger partial charge in [-0.2, -0.15) is 0 Å². The summed E-state index contributed by atoms with van der Waals surface area (Å²) >= 11 is 1.40. The molecule has 0 fully saturated rings. The SMILES string of the molecule is CCc1nc(Sc2ccc([N+](=O)[O-])cc2)ncc1C. The fraction of sp³-hybridized carbons (Fsp3) is 0.231. The van der Waals surface area contributed by atoms with Crippen LogP contribution in [0.25, 0.3) is 0 Å². The third-order valence-electron chi connectivity index (χ3n) is 2.65. The Balaban J connectivity index is 2.19. The Morgan fingerprint density at radius 1 is 1.32 bits per heavy atom. The highest BCUT2D eigenvalue weighted by molar-refractivity contribution is 7.99. The van der Waals surface area contributed by atoms with Crippen molar-refractivity contribution in [3.63, 3.8) is 0 Å². The molecule has 0 radical (unpaired) electrons. The topological polar surface area (TPSA) is 68.9 Å². The molecule has 6 heteroatoms. The Morgan fingerprint density at radius 2 is 2.00 bits per heavy atom. The molecule has 0 atom stereocenters. The molecule has 0 aliphatic heterocycles. The van der Waals surface area contributed by atoms with E-state index in [4.69, 9.17) is 0 Å². The first-order chi connectivity index (χ1) is 9.10. The number of rotatable bonds is 4. The molecule has 0 saturated carbocycles. The van der Waals surface area contributed by atoms with Gasteiger partial charge in [0.25, 0.3) is 5.69 Å². The zero-order chi connectivity index (χ0) is 13.8. The van der Waals surface area contributed by atoms with E-state index in [0.29, 0.717) is 5.16 Å². The maximum atomic E-state index is 10.6. The molecule has 5 nitrogen and oxygen atoms in total. The molecule has 0 bridgehead atoms. The van der Waals surface area contributed by atoms with Crippen molar-refractivity contribution in [3.05, 3.63) is 51.8 Å². The molecule has 0 saturated heterocycles. The molecule has 19 heavy (non-hydrogen) atoms. The second-order valence-corrected chi connectivity index (χ2v) is 5.03. The van der Waals surface area contributed by atoms with E-state index in [-0.39, 0.29) is 5.69 Å². The van der Waals surface area contributed by atoms with Crippen LogP contribution in [-0.4, -0.2) is 14.9 Å². The molecule has 2 rings (SSSR count). The standard InChI is InChI=1S/C13H13N3O2S/c1-3-12-9(2)8-14-13(15-12)19-11-6-4-10(5-7-11)16(17)18/h4-8H,3H2,1-2H3. The van der Waals surface area contributed by atoms with Crippen molar-refractivity contribution < 1.29 is 4.92 Å². The molecule has 1 aromatic carbocycles. The lowest BCUT2D eigenvalue weighted by atomic mass is 10.2. The van der Waals surface area contributed by atoms with Crippen LogP contribution in [0.5, 0.6) is 0 Å². The number of hydrogen-bond donors (Lipinski definition) is 0. The van der Waals surface area contributed by atoms with Crippen molar-refractivity contribution in [1.82, 2.24) is 9.97 Å². The lowest BCUT2D eigenvalue weighted by molar-refractivity contribution is -0.384. The van der Waals surface area contributed by atoms with Gasteiger partial charge in [0.2, 0.25) is 0 Å². The van der Waals surface area contributed by atoms with Crippen molar-refractivity contribution in [2.75, 3.05) is 0 Å². The van der Waals surface area contributed by atoms with Crippen molar-refractivity contribution >= 4 is 17.4 Å². The van der Waals surface area contributed by atoms with E-state index in [1.54, 1.807) is 18.3 Å². The average molecular weight is 275 g/mol. The molecule has 98 valence electrons. The lowest BCUT2D eigenvalue weighted by Crippen LogP contribution is -1.96. The minimum atomic E-state index is -0.411. The summed E-state index contributed by atoms with van der Waals surface area (Å²) < 4.78 is 0. The van der Waals surface area contributed by atoms with Crippen LogP contribution in [0.1, 0.15) is 18.2 Å². The molecule has 0 amide bonds. The third kappa shape index (κ3) is 3.29. The largest absolute Gasteiger partial charge is 0.269 e. The number of nitro benzene ring substituents is 1. The summed E-state index contributed by atoms with van der Waals surface area (Å²) in [6.07, 6.45) is 2.67. The summed E-state index contributed by atoms with van der Waals surface area (Å²) in [6, 6.07) is 6.38. The van der Waals surface area contributed by atoms with Crippen LogP contribution in [0.3, 0.4) is 0 Å². The normalized spacial score (nSPS) is 10.4.